The van der Waals surface area contributed by atoms with E-state index < -0.39 is 29.1 Å². The average Bonchev–Trinajstić information content (AvgIpc) is 2.43. The molecule has 0 spiro atoms. The standard InChI is InChI=1S/C14H19N3O6/c1-5-22-12(18)9-16(13(19)23-14(2,3)4)11-7-6-10(8-15-11)17(20)21/h6-8H,5,9H2,1-4H3. The molecule has 1 aromatic heterocycles. The monoisotopic (exact) mass is 325 g/mol. The molecule has 0 bridgehead atoms. The minimum Gasteiger partial charge on any atom is -0.465 e. The summed E-state index contributed by atoms with van der Waals surface area (Å²) < 4.78 is 10.0. The largest absolute Gasteiger partial charge is 0.465 e. The van der Waals surface area contributed by atoms with Gasteiger partial charge >= 0.3 is 12.1 Å². The van der Waals surface area contributed by atoms with Crippen LogP contribution in [-0.4, -0.2) is 40.7 Å². The lowest BCUT2D eigenvalue weighted by molar-refractivity contribution is -0.385. The molecule has 1 amide bonds. The normalized spacial score (nSPS) is 10.8. The summed E-state index contributed by atoms with van der Waals surface area (Å²) in [6, 6.07) is 2.45. The maximum absolute atomic E-state index is 12.2. The summed E-state index contributed by atoms with van der Waals surface area (Å²) in [6.07, 6.45) is 0.199. The third kappa shape index (κ3) is 5.89. The van der Waals surface area contributed by atoms with Crippen LogP contribution in [0.25, 0.3) is 0 Å². The van der Waals surface area contributed by atoms with E-state index in [-0.39, 0.29) is 18.1 Å². The quantitative estimate of drug-likeness (QED) is 0.463. The highest BCUT2D eigenvalue weighted by Gasteiger charge is 2.27. The number of amides is 1. The molecule has 0 saturated heterocycles. The van der Waals surface area contributed by atoms with Gasteiger partial charge in [0.05, 0.1) is 11.5 Å². The molecule has 0 unspecified atom stereocenters. The van der Waals surface area contributed by atoms with E-state index in [4.69, 9.17) is 9.47 Å². The number of carbonyl (C=O) groups excluding carboxylic acids is 2. The molecule has 0 saturated carbocycles. The van der Waals surface area contributed by atoms with Crippen molar-refractivity contribution in [3.05, 3.63) is 28.4 Å². The molecule has 1 rings (SSSR count). The summed E-state index contributed by atoms with van der Waals surface area (Å²) in [5.74, 6) is -0.587. The first-order valence-electron chi connectivity index (χ1n) is 6.90. The predicted octanol–water partition coefficient (Wildman–Crippen LogP) is 2.29. The van der Waals surface area contributed by atoms with Crippen LogP contribution < -0.4 is 4.90 Å². The molecule has 0 N–H and O–H groups in total. The van der Waals surface area contributed by atoms with Crippen molar-refractivity contribution < 1.29 is 24.0 Å². The van der Waals surface area contributed by atoms with Crippen molar-refractivity contribution in [2.45, 2.75) is 33.3 Å². The molecular weight excluding hydrogens is 306 g/mol. The molecule has 0 aliphatic carbocycles. The Morgan fingerprint density at radius 1 is 1.35 bits per heavy atom. The van der Waals surface area contributed by atoms with E-state index in [1.165, 1.54) is 12.1 Å². The van der Waals surface area contributed by atoms with E-state index in [9.17, 15) is 19.7 Å². The van der Waals surface area contributed by atoms with Gasteiger partial charge in [-0.3, -0.25) is 19.8 Å². The van der Waals surface area contributed by atoms with Crippen molar-refractivity contribution in [3.8, 4) is 0 Å². The van der Waals surface area contributed by atoms with E-state index in [0.29, 0.717) is 0 Å². The Morgan fingerprint density at radius 2 is 2.00 bits per heavy atom. The molecule has 9 heteroatoms. The molecule has 1 aromatic rings. The van der Waals surface area contributed by atoms with Gasteiger partial charge in [0.1, 0.15) is 24.2 Å². The Labute approximate surface area is 133 Å². The number of pyridine rings is 1. The zero-order valence-corrected chi connectivity index (χ0v) is 13.4. The SMILES string of the molecule is CCOC(=O)CN(C(=O)OC(C)(C)C)c1ccc([N+](=O)[O-])cn1. The van der Waals surface area contributed by atoms with Gasteiger partial charge in [-0.2, -0.15) is 0 Å². The molecule has 1 heterocycles. The first kappa shape index (κ1) is 18.3. The van der Waals surface area contributed by atoms with E-state index in [1.807, 2.05) is 0 Å². The first-order valence-corrected chi connectivity index (χ1v) is 6.90. The highest BCUT2D eigenvalue weighted by atomic mass is 16.6. The molecule has 0 aliphatic rings. The van der Waals surface area contributed by atoms with Crippen LogP contribution in [0.5, 0.6) is 0 Å². The average molecular weight is 325 g/mol. The van der Waals surface area contributed by atoms with Crippen molar-refractivity contribution in [3.63, 3.8) is 0 Å². The van der Waals surface area contributed by atoms with Crippen molar-refractivity contribution >= 4 is 23.6 Å². The van der Waals surface area contributed by atoms with Crippen LogP contribution >= 0.6 is 0 Å². The number of nitrogens with zero attached hydrogens (tertiary/aromatic N) is 3. The Kier molecular flexibility index (Phi) is 6.00. The second kappa shape index (κ2) is 7.52. The van der Waals surface area contributed by atoms with Gasteiger partial charge in [-0.15, -0.1) is 0 Å². The Hall–Kier alpha value is -2.71. The van der Waals surface area contributed by atoms with Gasteiger partial charge in [-0.05, 0) is 33.8 Å². The molecule has 23 heavy (non-hydrogen) atoms. The number of rotatable bonds is 5. The van der Waals surface area contributed by atoms with Crippen molar-refractivity contribution in [2.24, 2.45) is 0 Å². The number of esters is 1. The zero-order valence-electron chi connectivity index (χ0n) is 13.4. The third-order valence-corrected chi connectivity index (χ3v) is 2.43. The number of anilines is 1. The lowest BCUT2D eigenvalue weighted by Crippen LogP contribution is -2.41. The Balaban J connectivity index is 3.04. The highest BCUT2D eigenvalue weighted by molar-refractivity contribution is 5.92. The first-order chi connectivity index (χ1) is 10.6. The summed E-state index contributed by atoms with van der Waals surface area (Å²) in [6.45, 7) is 6.42. The fourth-order valence-corrected chi connectivity index (χ4v) is 1.54. The number of aromatic nitrogens is 1. The van der Waals surface area contributed by atoms with Crippen LogP contribution in [0.3, 0.4) is 0 Å². The molecular formula is C14H19N3O6. The molecule has 0 aliphatic heterocycles. The van der Waals surface area contributed by atoms with Gasteiger partial charge in [0.25, 0.3) is 5.69 Å². The van der Waals surface area contributed by atoms with Crippen LogP contribution in [0.15, 0.2) is 18.3 Å². The summed E-state index contributed by atoms with van der Waals surface area (Å²) in [4.78, 5) is 38.8. The zero-order chi connectivity index (χ0) is 17.6. The maximum atomic E-state index is 12.2. The van der Waals surface area contributed by atoms with Crippen LogP contribution in [0.4, 0.5) is 16.3 Å². The molecule has 9 nitrogen and oxygen atoms in total. The number of nitro groups is 1. The van der Waals surface area contributed by atoms with Gasteiger partial charge in [0.15, 0.2) is 0 Å². The van der Waals surface area contributed by atoms with E-state index >= 15 is 0 Å². The number of hydrogen-bond acceptors (Lipinski definition) is 7. The van der Waals surface area contributed by atoms with E-state index in [1.54, 1.807) is 27.7 Å². The van der Waals surface area contributed by atoms with Gasteiger partial charge in [-0.25, -0.2) is 9.78 Å². The summed E-state index contributed by atoms with van der Waals surface area (Å²) in [7, 11) is 0. The molecule has 0 atom stereocenters. The fourth-order valence-electron chi connectivity index (χ4n) is 1.54. The van der Waals surface area contributed by atoms with E-state index in [2.05, 4.69) is 4.98 Å². The van der Waals surface area contributed by atoms with Crippen molar-refractivity contribution in [1.29, 1.82) is 0 Å². The van der Waals surface area contributed by atoms with Crippen molar-refractivity contribution in [2.75, 3.05) is 18.1 Å². The maximum Gasteiger partial charge on any atom is 0.416 e. The number of carbonyl (C=O) groups is 2. The number of hydrogen-bond donors (Lipinski definition) is 0. The van der Waals surface area contributed by atoms with Crippen LogP contribution in [0.2, 0.25) is 0 Å². The second-order valence-electron chi connectivity index (χ2n) is 5.50. The molecule has 0 fully saturated rings. The smallest absolute Gasteiger partial charge is 0.416 e. The van der Waals surface area contributed by atoms with Crippen LogP contribution in [0.1, 0.15) is 27.7 Å². The summed E-state index contributed by atoms with van der Waals surface area (Å²) >= 11 is 0. The fraction of sp³-hybridized carbons (Fsp3) is 0.500. The van der Waals surface area contributed by atoms with Gasteiger partial charge < -0.3 is 9.47 Å². The lowest BCUT2D eigenvalue weighted by atomic mass is 10.2. The predicted molar refractivity (Wildman–Crippen MR) is 81.1 cm³/mol. The second-order valence-corrected chi connectivity index (χ2v) is 5.50. The molecule has 0 radical (unpaired) electrons. The summed E-state index contributed by atoms with van der Waals surface area (Å²) in [5, 5.41) is 10.7. The van der Waals surface area contributed by atoms with Gasteiger partial charge in [0.2, 0.25) is 0 Å². The minimum atomic E-state index is -0.799. The topological polar surface area (TPSA) is 112 Å². The van der Waals surface area contributed by atoms with Crippen LogP contribution in [0, 0.1) is 10.1 Å². The third-order valence-electron chi connectivity index (χ3n) is 2.43. The van der Waals surface area contributed by atoms with Gasteiger partial charge in [0, 0.05) is 6.07 Å². The molecule has 126 valence electrons. The van der Waals surface area contributed by atoms with Crippen molar-refractivity contribution in [1.82, 2.24) is 4.98 Å². The minimum absolute atomic E-state index is 0.0536. The lowest BCUT2D eigenvalue weighted by Gasteiger charge is -2.26. The highest BCUT2D eigenvalue weighted by Crippen LogP contribution is 2.19. The van der Waals surface area contributed by atoms with Gasteiger partial charge in [-0.1, -0.05) is 0 Å². The Morgan fingerprint density at radius 3 is 2.43 bits per heavy atom. The molecule has 0 aromatic carbocycles. The van der Waals surface area contributed by atoms with Crippen LogP contribution in [-0.2, 0) is 14.3 Å². The summed E-state index contributed by atoms with van der Waals surface area (Å²) in [5.41, 5.74) is -1.00. The van der Waals surface area contributed by atoms with E-state index in [0.717, 1.165) is 11.1 Å². The number of ether oxygens (including phenoxy) is 2. The Bertz CT molecular complexity index is 579.